The molecule has 0 atom stereocenters. The SMILES string of the molecule is COc1ccc(NC(N)=NCCCN2CCOCC2)cc1OC. The summed E-state index contributed by atoms with van der Waals surface area (Å²) < 4.78 is 15.8. The number of nitrogens with two attached hydrogens (primary N) is 1. The van der Waals surface area contributed by atoms with Crippen LogP contribution in [0.25, 0.3) is 0 Å². The fourth-order valence-corrected chi connectivity index (χ4v) is 2.42. The molecule has 1 aromatic carbocycles. The molecule has 0 aromatic heterocycles. The molecule has 0 radical (unpaired) electrons. The van der Waals surface area contributed by atoms with Gasteiger partial charge in [0.15, 0.2) is 17.5 Å². The number of hydrogen-bond donors (Lipinski definition) is 2. The van der Waals surface area contributed by atoms with Crippen LogP contribution in [0.15, 0.2) is 23.2 Å². The molecule has 1 aromatic rings. The van der Waals surface area contributed by atoms with Crippen molar-refractivity contribution in [1.82, 2.24) is 4.90 Å². The smallest absolute Gasteiger partial charge is 0.193 e. The molecule has 0 aliphatic carbocycles. The molecule has 2 rings (SSSR count). The lowest BCUT2D eigenvalue weighted by Gasteiger charge is -2.26. The molecule has 23 heavy (non-hydrogen) atoms. The van der Waals surface area contributed by atoms with Crippen molar-refractivity contribution in [3.8, 4) is 11.5 Å². The molecule has 0 saturated carbocycles. The largest absolute Gasteiger partial charge is 0.493 e. The lowest BCUT2D eigenvalue weighted by Crippen LogP contribution is -2.37. The highest BCUT2D eigenvalue weighted by Gasteiger charge is 2.09. The minimum absolute atomic E-state index is 0.402. The Bertz CT molecular complexity index is 516. The van der Waals surface area contributed by atoms with Crippen molar-refractivity contribution in [2.24, 2.45) is 10.7 Å². The summed E-state index contributed by atoms with van der Waals surface area (Å²) in [5.41, 5.74) is 6.74. The van der Waals surface area contributed by atoms with Crippen LogP contribution >= 0.6 is 0 Å². The summed E-state index contributed by atoms with van der Waals surface area (Å²) in [6.07, 6.45) is 0.980. The van der Waals surface area contributed by atoms with Gasteiger partial charge >= 0.3 is 0 Å². The number of guanidine groups is 1. The minimum atomic E-state index is 0.402. The van der Waals surface area contributed by atoms with Crippen LogP contribution in [0.4, 0.5) is 5.69 Å². The van der Waals surface area contributed by atoms with Crippen molar-refractivity contribution < 1.29 is 14.2 Å². The van der Waals surface area contributed by atoms with Gasteiger partial charge in [0.05, 0.1) is 27.4 Å². The van der Waals surface area contributed by atoms with Crippen molar-refractivity contribution in [1.29, 1.82) is 0 Å². The van der Waals surface area contributed by atoms with E-state index in [0.29, 0.717) is 24.0 Å². The number of rotatable bonds is 7. The first-order valence-electron chi connectivity index (χ1n) is 7.82. The van der Waals surface area contributed by atoms with Gasteiger partial charge in [-0.1, -0.05) is 0 Å². The van der Waals surface area contributed by atoms with Crippen molar-refractivity contribution in [3.05, 3.63) is 18.2 Å². The van der Waals surface area contributed by atoms with E-state index < -0.39 is 0 Å². The van der Waals surface area contributed by atoms with Gasteiger partial charge in [0.2, 0.25) is 0 Å². The second kappa shape index (κ2) is 9.22. The van der Waals surface area contributed by atoms with Crippen LogP contribution in [0.1, 0.15) is 6.42 Å². The molecule has 1 aliphatic rings. The Morgan fingerprint density at radius 2 is 2.00 bits per heavy atom. The van der Waals surface area contributed by atoms with Gasteiger partial charge < -0.3 is 25.3 Å². The number of nitrogens with one attached hydrogen (secondary N) is 1. The summed E-state index contributed by atoms with van der Waals surface area (Å²) >= 11 is 0. The number of nitrogens with zero attached hydrogens (tertiary/aromatic N) is 2. The number of hydrogen-bond acceptors (Lipinski definition) is 5. The Labute approximate surface area is 137 Å². The minimum Gasteiger partial charge on any atom is -0.493 e. The summed E-state index contributed by atoms with van der Waals surface area (Å²) in [4.78, 5) is 6.74. The fraction of sp³-hybridized carbons (Fsp3) is 0.562. The molecule has 7 nitrogen and oxygen atoms in total. The Balaban J connectivity index is 1.77. The second-order valence-electron chi connectivity index (χ2n) is 5.27. The molecule has 1 saturated heterocycles. The molecule has 1 fully saturated rings. The summed E-state index contributed by atoms with van der Waals surface area (Å²) in [6.45, 7) is 5.38. The molecular formula is C16H26N4O3. The zero-order chi connectivity index (χ0) is 16.5. The average Bonchev–Trinajstić information content (AvgIpc) is 2.59. The zero-order valence-corrected chi connectivity index (χ0v) is 13.9. The van der Waals surface area contributed by atoms with Crippen molar-refractivity contribution in [2.45, 2.75) is 6.42 Å². The van der Waals surface area contributed by atoms with E-state index >= 15 is 0 Å². The van der Waals surface area contributed by atoms with Gasteiger partial charge in [0, 0.05) is 37.9 Å². The molecule has 128 valence electrons. The van der Waals surface area contributed by atoms with Gasteiger partial charge in [0.1, 0.15) is 0 Å². The molecule has 7 heteroatoms. The first kappa shape index (κ1) is 17.4. The highest BCUT2D eigenvalue weighted by Crippen LogP contribution is 2.29. The van der Waals surface area contributed by atoms with E-state index in [4.69, 9.17) is 19.9 Å². The lowest BCUT2D eigenvalue weighted by atomic mass is 10.3. The van der Waals surface area contributed by atoms with Crippen LogP contribution < -0.4 is 20.5 Å². The molecule has 0 amide bonds. The van der Waals surface area contributed by atoms with Gasteiger partial charge in [-0.05, 0) is 18.6 Å². The molecule has 1 heterocycles. The maximum atomic E-state index is 5.92. The lowest BCUT2D eigenvalue weighted by molar-refractivity contribution is 0.0377. The third kappa shape index (κ3) is 5.61. The Morgan fingerprint density at radius 1 is 1.26 bits per heavy atom. The Morgan fingerprint density at radius 3 is 2.70 bits per heavy atom. The van der Waals surface area contributed by atoms with Gasteiger partial charge in [-0.25, -0.2) is 0 Å². The van der Waals surface area contributed by atoms with Crippen LogP contribution in [-0.4, -0.2) is 64.5 Å². The molecule has 0 spiro atoms. The predicted octanol–water partition coefficient (Wildman–Crippen LogP) is 1.15. The van der Waals surface area contributed by atoms with E-state index in [1.165, 1.54) is 0 Å². The highest BCUT2D eigenvalue weighted by molar-refractivity contribution is 5.92. The number of methoxy groups -OCH3 is 2. The standard InChI is InChI=1S/C16H26N4O3/c1-21-14-5-4-13(12-15(14)22-2)19-16(17)18-6-3-7-20-8-10-23-11-9-20/h4-5,12H,3,6-11H2,1-2H3,(H3,17,18,19). The maximum absolute atomic E-state index is 5.92. The summed E-state index contributed by atoms with van der Waals surface area (Å²) in [6, 6.07) is 5.53. The van der Waals surface area contributed by atoms with E-state index in [2.05, 4.69) is 15.2 Å². The Hall–Kier alpha value is -1.99. The first-order valence-corrected chi connectivity index (χ1v) is 7.82. The molecule has 0 bridgehead atoms. The van der Waals surface area contributed by atoms with Gasteiger partial charge in [-0.2, -0.15) is 0 Å². The topological polar surface area (TPSA) is 81.3 Å². The van der Waals surface area contributed by atoms with Crippen LogP contribution in [0.5, 0.6) is 11.5 Å². The van der Waals surface area contributed by atoms with E-state index in [9.17, 15) is 0 Å². The van der Waals surface area contributed by atoms with Crippen LogP contribution in [0, 0.1) is 0 Å². The third-order valence-electron chi connectivity index (χ3n) is 3.67. The zero-order valence-electron chi connectivity index (χ0n) is 13.9. The van der Waals surface area contributed by atoms with Crippen molar-refractivity contribution in [2.75, 3.05) is 58.9 Å². The van der Waals surface area contributed by atoms with Crippen molar-refractivity contribution >= 4 is 11.6 Å². The van der Waals surface area contributed by atoms with Crippen LogP contribution in [0.3, 0.4) is 0 Å². The number of anilines is 1. The number of ether oxygens (including phenoxy) is 3. The van der Waals surface area contributed by atoms with Crippen LogP contribution in [0.2, 0.25) is 0 Å². The van der Waals surface area contributed by atoms with Crippen molar-refractivity contribution in [3.63, 3.8) is 0 Å². The van der Waals surface area contributed by atoms with Gasteiger partial charge in [-0.15, -0.1) is 0 Å². The monoisotopic (exact) mass is 322 g/mol. The average molecular weight is 322 g/mol. The number of aliphatic imine (C=N–C) groups is 1. The maximum Gasteiger partial charge on any atom is 0.193 e. The normalized spacial score (nSPS) is 16.2. The first-order chi connectivity index (χ1) is 11.2. The Kier molecular flexibility index (Phi) is 6.96. The van der Waals surface area contributed by atoms with E-state index in [1.54, 1.807) is 14.2 Å². The predicted molar refractivity (Wildman–Crippen MR) is 91.5 cm³/mol. The quantitative estimate of drug-likeness (QED) is 0.445. The molecule has 3 N–H and O–H groups in total. The summed E-state index contributed by atoms with van der Waals surface area (Å²) in [7, 11) is 3.21. The highest BCUT2D eigenvalue weighted by atomic mass is 16.5. The fourth-order valence-electron chi connectivity index (χ4n) is 2.42. The van der Waals surface area contributed by atoms with Crippen LogP contribution in [-0.2, 0) is 4.74 Å². The second-order valence-corrected chi connectivity index (χ2v) is 5.27. The van der Waals surface area contributed by atoms with Gasteiger partial charge in [0.25, 0.3) is 0 Å². The number of benzene rings is 1. The molecule has 0 unspecified atom stereocenters. The number of morpholine rings is 1. The third-order valence-corrected chi connectivity index (χ3v) is 3.67. The van der Waals surface area contributed by atoms with E-state index in [1.807, 2.05) is 18.2 Å². The van der Waals surface area contributed by atoms with E-state index in [0.717, 1.165) is 45.0 Å². The molecule has 1 aliphatic heterocycles. The summed E-state index contributed by atoms with van der Waals surface area (Å²) in [5, 5.41) is 3.06. The summed E-state index contributed by atoms with van der Waals surface area (Å²) in [5.74, 6) is 1.73. The van der Waals surface area contributed by atoms with Gasteiger partial charge in [-0.3, -0.25) is 9.89 Å². The molecular weight excluding hydrogens is 296 g/mol. The van der Waals surface area contributed by atoms with E-state index in [-0.39, 0.29) is 0 Å².